The number of guanidine groups is 1. The van der Waals surface area contributed by atoms with Gasteiger partial charge in [0.05, 0.1) is 23.9 Å². The molecule has 3 atom stereocenters. The van der Waals surface area contributed by atoms with Gasteiger partial charge in [-0.05, 0) is 57.8 Å². The van der Waals surface area contributed by atoms with Crippen LogP contribution in [0.5, 0.6) is 0 Å². The Morgan fingerprint density at radius 3 is 2.29 bits per heavy atom. The highest BCUT2D eigenvalue weighted by atomic mass is 16.5. The van der Waals surface area contributed by atoms with Gasteiger partial charge >= 0.3 is 5.97 Å². The Hall–Kier alpha value is -3.02. The summed E-state index contributed by atoms with van der Waals surface area (Å²) in [5, 5.41) is 45.5. The predicted octanol–water partition coefficient (Wildman–Crippen LogP) is 3.31. The van der Waals surface area contributed by atoms with Crippen LogP contribution in [0.3, 0.4) is 0 Å². The highest BCUT2D eigenvalue weighted by molar-refractivity contribution is 5.86. The molecule has 0 aromatic rings. The Morgan fingerprint density at radius 2 is 1.73 bits per heavy atom. The molecular formula is C30H53N5O6. The van der Waals surface area contributed by atoms with Crippen molar-refractivity contribution < 1.29 is 30.0 Å². The van der Waals surface area contributed by atoms with Gasteiger partial charge in [0.15, 0.2) is 11.7 Å². The first kappa shape index (κ1) is 38.0. The standard InChI is InChI=1S/C30H53N5O6/c1-6-9-11-13-16-26(37)24(33-21-29(4,34-22-36)20-30(5,40)41)17-18-32-28(31)35-25(27(38)39)19-23(14-8-3)15-12-10-7-2/h8,14,17,19,21-22,25-26,37,40-41H,6-7,9-13,15-16,18,20H2,1-5H3,(H,34,36)(H,38,39)(H3,31,32,35)/b14-8+,23-19+,24-17-,33-21?. The van der Waals surface area contributed by atoms with Crippen molar-refractivity contribution in [2.75, 3.05) is 6.54 Å². The summed E-state index contributed by atoms with van der Waals surface area (Å²) in [6.45, 7) is 8.85. The molecule has 0 rings (SSSR count). The van der Waals surface area contributed by atoms with Gasteiger partial charge in [0.1, 0.15) is 6.04 Å². The van der Waals surface area contributed by atoms with E-state index in [0.29, 0.717) is 12.8 Å². The molecule has 11 heteroatoms. The Labute approximate surface area is 245 Å². The van der Waals surface area contributed by atoms with Crippen molar-refractivity contribution in [1.82, 2.24) is 10.6 Å². The second-order valence-electron chi connectivity index (χ2n) is 10.7. The van der Waals surface area contributed by atoms with Crippen LogP contribution in [-0.2, 0) is 9.59 Å². The van der Waals surface area contributed by atoms with E-state index >= 15 is 0 Å². The van der Waals surface area contributed by atoms with Crippen LogP contribution >= 0.6 is 0 Å². The third-order valence-corrected chi connectivity index (χ3v) is 6.22. The number of hydrogen-bond donors (Lipinski definition) is 7. The zero-order valence-electron chi connectivity index (χ0n) is 25.5. The van der Waals surface area contributed by atoms with Gasteiger partial charge in [-0.1, -0.05) is 64.5 Å². The maximum absolute atomic E-state index is 11.9. The summed E-state index contributed by atoms with van der Waals surface area (Å²) in [6.07, 6.45) is 15.7. The Kier molecular flexibility index (Phi) is 19.3. The van der Waals surface area contributed by atoms with Gasteiger partial charge in [-0.3, -0.25) is 9.79 Å². The molecule has 0 radical (unpaired) electrons. The highest BCUT2D eigenvalue weighted by Crippen LogP contribution is 2.19. The number of aliphatic hydroxyl groups excluding tert-OH is 1. The number of allylic oxidation sites excluding steroid dienone is 3. The number of unbranched alkanes of at least 4 members (excludes halogenated alkanes) is 5. The van der Waals surface area contributed by atoms with Gasteiger partial charge in [0, 0.05) is 12.6 Å². The van der Waals surface area contributed by atoms with Crippen LogP contribution in [0.15, 0.2) is 45.6 Å². The van der Waals surface area contributed by atoms with E-state index in [1.165, 1.54) is 13.1 Å². The Balaban J connectivity index is 5.90. The van der Waals surface area contributed by atoms with Gasteiger partial charge in [0.25, 0.3) is 0 Å². The molecule has 8 N–H and O–H groups in total. The van der Waals surface area contributed by atoms with Crippen LogP contribution in [-0.4, -0.2) is 75.0 Å². The van der Waals surface area contributed by atoms with Crippen LogP contribution in [0.4, 0.5) is 0 Å². The number of amides is 1. The number of nitrogens with two attached hydrogens (primary N) is 1. The van der Waals surface area contributed by atoms with Crippen LogP contribution in [0.25, 0.3) is 0 Å². The normalized spacial score (nSPS) is 16.5. The number of aliphatic imine (C=N–C) groups is 2. The Morgan fingerprint density at radius 1 is 1.07 bits per heavy atom. The smallest absolute Gasteiger partial charge is 0.330 e. The SMILES string of the molecule is C/C=C/C(=C\C(NC(N)=NC/C=C(\N=CC(C)(CC(C)(O)O)NC=O)C(O)CCCCCC)C(=O)O)CCCCC. The van der Waals surface area contributed by atoms with E-state index in [4.69, 9.17) is 5.73 Å². The summed E-state index contributed by atoms with van der Waals surface area (Å²) in [5.41, 5.74) is 5.97. The van der Waals surface area contributed by atoms with Crippen molar-refractivity contribution in [3.8, 4) is 0 Å². The number of nitrogens with one attached hydrogen (secondary N) is 2. The minimum absolute atomic E-state index is 0.00133. The molecule has 0 aromatic carbocycles. The average Bonchev–Trinajstić information content (AvgIpc) is 2.87. The highest BCUT2D eigenvalue weighted by Gasteiger charge is 2.31. The van der Waals surface area contributed by atoms with Gasteiger partial charge in [-0.15, -0.1) is 0 Å². The van der Waals surface area contributed by atoms with Crippen molar-refractivity contribution in [3.05, 3.63) is 35.6 Å². The van der Waals surface area contributed by atoms with Crippen LogP contribution in [0.1, 0.15) is 98.8 Å². The molecule has 0 aliphatic rings. The number of carbonyl (C=O) groups excluding carboxylic acids is 1. The summed E-state index contributed by atoms with van der Waals surface area (Å²) in [5.74, 6) is -3.24. The van der Waals surface area contributed by atoms with E-state index in [1.807, 2.05) is 19.1 Å². The maximum Gasteiger partial charge on any atom is 0.330 e. The molecule has 0 spiro atoms. The molecular weight excluding hydrogens is 526 g/mol. The molecule has 234 valence electrons. The van der Waals surface area contributed by atoms with E-state index in [0.717, 1.165) is 56.9 Å². The minimum Gasteiger partial charge on any atom is -0.479 e. The monoisotopic (exact) mass is 579 g/mol. The number of carboxylic acids is 1. The molecule has 0 saturated carbocycles. The van der Waals surface area contributed by atoms with E-state index < -0.39 is 29.4 Å². The first-order chi connectivity index (χ1) is 19.3. The number of aliphatic hydroxyl groups is 3. The summed E-state index contributed by atoms with van der Waals surface area (Å²) >= 11 is 0. The minimum atomic E-state index is -2.07. The quantitative estimate of drug-likeness (QED) is 0.0254. The summed E-state index contributed by atoms with van der Waals surface area (Å²) in [6, 6.07) is -1.07. The van der Waals surface area contributed by atoms with Crippen molar-refractivity contribution in [2.45, 2.75) is 122 Å². The number of aliphatic carboxylic acids is 1. The number of rotatable bonds is 22. The summed E-state index contributed by atoms with van der Waals surface area (Å²) < 4.78 is 0. The largest absolute Gasteiger partial charge is 0.479 e. The predicted molar refractivity (Wildman–Crippen MR) is 164 cm³/mol. The molecule has 0 aliphatic heterocycles. The fraction of sp³-hybridized carbons (Fsp3) is 0.667. The van der Waals surface area contributed by atoms with Crippen molar-refractivity contribution in [2.24, 2.45) is 15.7 Å². The van der Waals surface area contributed by atoms with Gasteiger partial charge < -0.3 is 36.8 Å². The van der Waals surface area contributed by atoms with Gasteiger partial charge in [0.2, 0.25) is 6.41 Å². The molecule has 1 amide bonds. The van der Waals surface area contributed by atoms with Gasteiger partial charge in [-0.25, -0.2) is 9.79 Å². The first-order valence-electron chi connectivity index (χ1n) is 14.5. The zero-order chi connectivity index (χ0) is 31.3. The topological polar surface area (TPSA) is 190 Å². The first-order valence-corrected chi connectivity index (χ1v) is 14.5. The molecule has 0 aromatic heterocycles. The van der Waals surface area contributed by atoms with E-state index in [9.17, 15) is 30.0 Å². The fourth-order valence-corrected chi connectivity index (χ4v) is 4.22. The number of hydrogen-bond acceptors (Lipinski definition) is 7. The number of carbonyl (C=O) groups is 2. The lowest BCUT2D eigenvalue weighted by atomic mass is 9.94. The Bertz CT molecular complexity index is 923. The maximum atomic E-state index is 11.9. The van der Waals surface area contributed by atoms with Crippen LogP contribution < -0.4 is 16.4 Å². The molecule has 0 bridgehead atoms. The lowest BCUT2D eigenvalue weighted by Crippen LogP contribution is -2.49. The molecule has 0 fully saturated rings. The van der Waals surface area contributed by atoms with Gasteiger partial charge in [-0.2, -0.15) is 0 Å². The summed E-state index contributed by atoms with van der Waals surface area (Å²) in [7, 11) is 0. The molecule has 0 aliphatic carbocycles. The second kappa shape index (κ2) is 20.8. The lowest BCUT2D eigenvalue weighted by Gasteiger charge is -2.30. The molecule has 0 heterocycles. The van der Waals surface area contributed by atoms with Crippen molar-refractivity contribution >= 4 is 24.6 Å². The third kappa shape index (κ3) is 18.9. The van der Waals surface area contributed by atoms with E-state index in [2.05, 4.69) is 34.5 Å². The van der Waals surface area contributed by atoms with E-state index in [-0.39, 0.29) is 24.6 Å². The molecule has 0 saturated heterocycles. The summed E-state index contributed by atoms with van der Waals surface area (Å²) in [4.78, 5) is 31.6. The average molecular weight is 580 g/mol. The molecule has 3 unspecified atom stereocenters. The number of nitrogens with zero attached hydrogens (tertiary/aromatic N) is 2. The van der Waals surface area contributed by atoms with Crippen molar-refractivity contribution in [3.63, 3.8) is 0 Å². The third-order valence-electron chi connectivity index (χ3n) is 6.22. The molecule has 11 nitrogen and oxygen atoms in total. The zero-order valence-corrected chi connectivity index (χ0v) is 25.5. The van der Waals surface area contributed by atoms with Crippen LogP contribution in [0, 0.1) is 0 Å². The van der Waals surface area contributed by atoms with Crippen LogP contribution in [0.2, 0.25) is 0 Å². The second-order valence-corrected chi connectivity index (χ2v) is 10.7. The van der Waals surface area contributed by atoms with Crippen molar-refractivity contribution in [1.29, 1.82) is 0 Å². The molecule has 41 heavy (non-hydrogen) atoms. The van der Waals surface area contributed by atoms with E-state index in [1.54, 1.807) is 19.1 Å². The fourth-order valence-electron chi connectivity index (χ4n) is 4.22. The number of carboxylic acid groups (broad SMARTS) is 1. The lowest BCUT2D eigenvalue weighted by molar-refractivity contribution is -0.156.